The Morgan fingerprint density at radius 3 is 2.62 bits per heavy atom. The Hall–Kier alpha value is -2.69. The fourth-order valence-corrected chi connectivity index (χ4v) is 1.64. The molecular weight excluding hydrogens is 291 g/mol. The van der Waals surface area contributed by atoms with Crippen LogP contribution in [0.2, 0.25) is 0 Å². The standard InChI is InChI=1S/C10H10F3N7O/c1-20-18-9(17-19-20)15-8(21)5-3-2-4-6(7(5)16-14)10(11,12)13/h2-4,16H,14H2,1H3,(H,15,18,21). The number of nitrogens with zero attached hydrogens (tertiary/aromatic N) is 4. The number of nitrogen functional groups attached to an aromatic ring is 1. The minimum Gasteiger partial charge on any atom is -0.323 e. The van der Waals surface area contributed by atoms with Gasteiger partial charge in [-0.25, -0.2) is 0 Å². The third-order valence-corrected chi connectivity index (χ3v) is 2.49. The molecule has 0 spiro atoms. The van der Waals surface area contributed by atoms with Crippen molar-refractivity contribution in [3.05, 3.63) is 29.3 Å². The van der Waals surface area contributed by atoms with Crippen molar-refractivity contribution in [3.63, 3.8) is 0 Å². The Kier molecular flexibility index (Phi) is 3.76. The Labute approximate surface area is 116 Å². The predicted molar refractivity (Wildman–Crippen MR) is 66.0 cm³/mol. The van der Waals surface area contributed by atoms with E-state index in [1.165, 1.54) is 13.1 Å². The summed E-state index contributed by atoms with van der Waals surface area (Å²) in [5.41, 5.74) is 0.0214. The molecule has 0 radical (unpaired) electrons. The molecule has 8 nitrogen and oxygen atoms in total. The number of para-hydroxylation sites is 1. The van der Waals surface area contributed by atoms with Crippen LogP contribution < -0.4 is 16.6 Å². The van der Waals surface area contributed by atoms with E-state index in [-0.39, 0.29) is 11.5 Å². The minimum atomic E-state index is -4.65. The van der Waals surface area contributed by atoms with Crippen LogP contribution in [0.5, 0.6) is 0 Å². The number of halogens is 3. The van der Waals surface area contributed by atoms with Gasteiger partial charge in [-0.2, -0.15) is 18.0 Å². The van der Waals surface area contributed by atoms with Gasteiger partial charge < -0.3 is 5.43 Å². The van der Waals surface area contributed by atoms with Gasteiger partial charge in [-0.3, -0.25) is 16.0 Å². The normalized spacial score (nSPS) is 11.3. The monoisotopic (exact) mass is 301 g/mol. The van der Waals surface area contributed by atoms with E-state index in [0.29, 0.717) is 0 Å². The van der Waals surface area contributed by atoms with Gasteiger partial charge in [0.15, 0.2) is 0 Å². The van der Waals surface area contributed by atoms with E-state index in [2.05, 4.69) is 20.7 Å². The largest absolute Gasteiger partial charge is 0.418 e. The van der Waals surface area contributed by atoms with Crippen molar-refractivity contribution in [1.82, 2.24) is 20.2 Å². The molecule has 0 bridgehead atoms. The molecule has 0 aliphatic heterocycles. The molecule has 1 aromatic heterocycles. The van der Waals surface area contributed by atoms with E-state index in [1.807, 2.05) is 5.43 Å². The maximum atomic E-state index is 12.8. The second kappa shape index (κ2) is 5.36. The van der Waals surface area contributed by atoms with Crippen LogP contribution in [0.4, 0.5) is 24.8 Å². The van der Waals surface area contributed by atoms with Gasteiger partial charge in [0, 0.05) is 0 Å². The maximum absolute atomic E-state index is 12.8. The number of nitrogens with two attached hydrogens (primary N) is 1. The van der Waals surface area contributed by atoms with E-state index < -0.39 is 23.3 Å². The smallest absolute Gasteiger partial charge is 0.323 e. The molecule has 0 aliphatic rings. The number of hydrazine groups is 1. The van der Waals surface area contributed by atoms with Crippen LogP contribution in [0.15, 0.2) is 18.2 Å². The zero-order valence-corrected chi connectivity index (χ0v) is 10.6. The zero-order chi connectivity index (χ0) is 15.6. The lowest BCUT2D eigenvalue weighted by Gasteiger charge is -2.15. The molecule has 0 fully saturated rings. The molecule has 2 aromatic rings. The number of aromatic nitrogens is 4. The van der Waals surface area contributed by atoms with Crippen LogP contribution in [-0.2, 0) is 13.2 Å². The minimum absolute atomic E-state index is 0.136. The Balaban J connectivity index is 2.37. The highest BCUT2D eigenvalue weighted by Gasteiger charge is 2.35. The highest BCUT2D eigenvalue weighted by Crippen LogP contribution is 2.36. The quantitative estimate of drug-likeness (QED) is 0.570. The fraction of sp³-hybridized carbons (Fsp3) is 0.200. The number of carbonyl (C=O) groups excluding carboxylic acids is 1. The van der Waals surface area contributed by atoms with Crippen molar-refractivity contribution >= 4 is 17.5 Å². The molecule has 11 heteroatoms. The summed E-state index contributed by atoms with van der Waals surface area (Å²) in [7, 11) is 1.47. The molecule has 4 N–H and O–H groups in total. The molecule has 0 aliphatic carbocycles. The first kappa shape index (κ1) is 14.7. The molecule has 1 heterocycles. The zero-order valence-electron chi connectivity index (χ0n) is 10.6. The highest BCUT2D eigenvalue weighted by atomic mass is 19.4. The molecule has 1 amide bonds. The summed E-state index contributed by atoms with van der Waals surface area (Å²) in [6, 6.07) is 3.10. The number of benzene rings is 1. The van der Waals surface area contributed by atoms with Gasteiger partial charge in [0.1, 0.15) is 0 Å². The Morgan fingerprint density at radius 2 is 2.10 bits per heavy atom. The van der Waals surface area contributed by atoms with Gasteiger partial charge in [0.05, 0.1) is 23.9 Å². The number of nitrogens with one attached hydrogen (secondary N) is 2. The average Bonchev–Trinajstić information content (AvgIpc) is 2.82. The lowest BCUT2D eigenvalue weighted by atomic mass is 10.1. The number of carbonyl (C=O) groups is 1. The van der Waals surface area contributed by atoms with Crippen LogP contribution in [0.25, 0.3) is 0 Å². The molecule has 0 atom stereocenters. The van der Waals surface area contributed by atoms with Crippen LogP contribution in [0, 0.1) is 0 Å². The fourth-order valence-electron chi connectivity index (χ4n) is 1.64. The third-order valence-electron chi connectivity index (χ3n) is 2.49. The Morgan fingerprint density at radius 1 is 1.38 bits per heavy atom. The number of amides is 1. The van der Waals surface area contributed by atoms with Crippen molar-refractivity contribution in [1.29, 1.82) is 0 Å². The summed E-state index contributed by atoms with van der Waals surface area (Å²) in [5, 5.41) is 12.9. The van der Waals surface area contributed by atoms with Crippen molar-refractivity contribution < 1.29 is 18.0 Å². The predicted octanol–water partition coefficient (Wildman–Crippen LogP) is 0.767. The molecule has 0 saturated carbocycles. The first-order chi connectivity index (χ1) is 9.82. The first-order valence-corrected chi connectivity index (χ1v) is 5.55. The van der Waals surface area contributed by atoms with Gasteiger partial charge in [-0.15, -0.1) is 5.10 Å². The lowest BCUT2D eigenvalue weighted by molar-refractivity contribution is -0.137. The number of aryl methyl sites for hydroxylation is 1. The summed E-state index contributed by atoms with van der Waals surface area (Å²) >= 11 is 0. The highest BCUT2D eigenvalue weighted by molar-refractivity contribution is 6.07. The third kappa shape index (κ3) is 3.08. The number of hydrogen-bond acceptors (Lipinski definition) is 6. The maximum Gasteiger partial charge on any atom is 0.418 e. The van der Waals surface area contributed by atoms with Gasteiger partial charge in [0.2, 0.25) is 0 Å². The van der Waals surface area contributed by atoms with E-state index in [4.69, 9.17) is 5.84 Å². The average molecular weight is 301 g/mol. The van der Waals surface area contributed by atoms with Crippen LogP contribution in [0.3, 0.4) is 0 Å². The molecule has 112 valence electrons. The molecule has 0 unspecified atom stereocenters. The Bertz CT molecular complexity index is 667. The molecule has 0 saturated heterocycles. The van der Waals surface area contributed by atoms with Crippen molar-refractivity contribution in [3.8, 4) is 0 Å². The number of hydrogen-bond donors (Lipinski definition) is 3. The van der Waals surface area contributed by atoms with Gasteiger partial charge in [-0.05, 0) is 17.3 Å². The summed E-state index contributed by atoms with van der Waals surface area (Å²) in [4.78, 5) is 13.1. The van der Waals surface area contributed by atoms with E-state index in [9.17, 15) is 18.0 Å². The number of rotatable bonds is 3. The van der Waals surface area contributed by atoms with Crippen molar-refractivity contribution in [2.45, 2.75) is 6.18 Å². The molecular formula is C10H10F3N7O. The summed E-state index contributed by atoms with van der Waals surface area (Å²) in [6.45, 7) is 0. The summed E-state index contributed by atoms with van der Waals surface area (Å²) in [6.07, 6.45) is -4.65. The topological polar surface area (TPSA) is 111 Å². The van der Waals surface area contributed by atoms with Crippen LogP contribution in [-0.4, -0.2) is 26.1 Å². The van der Waals surface area contributed by atoms with Crippen LogP contribution in [0.1, 0.15) is 15.9 Å². The molecule has 2 rings (SSSR count). The number of anilines is 2. The van der Waals surface area contributed by atoms with Crippen LogP contribution >= 0.6 is 0 Å². The van der Waals surface area contributed by atoms with Crippen molar-refractivity contribution in [2.75, 3.05) is 10.7 Å². The first-order valence-electron chi connectivity index (χ1n) is 5.55. The molecule has 1 aromatic carbocycles. The number of tetrazole rings is 1. The number of alkyl halides is 3. The second-order valence-corrected chi connectivity index (χ2v) is 3.93. The lowest BCUT2D eigenvalue weighted by Crippen LogP contribution is -2.21. The van der Waals surface area contributed by atoms with Gasteiger partial charge in [-0.1, -0.05) is 11.2 Å². The summed E-state index contributed by atoms with van der Waals surface area (Å²) in [5.74, 6) is 4.12. The van der Waals surface area contributed by atoms with Gasteiger partial charge in [0.25, 0.3) is 11.9 Å². The second-order valence-electron chi connectivity index (χ2n) is 3.93. The summed E-state index contributed by atoms with van der Waals surface area (Å²) < 4.78 is 38.5. The van der Waals surface area contributed by atoms with E-state index >= 15 is 0 Å². The van der Waals surface area contributed by atoms with E-state index in [1.54, 1.807) is 0 Å². The SMILES string of the molecule is Cn1nnc(NC(=O)c2cccc(C(F)(F)F)c2NN)n1. The van der Waals surface area contributed by atoms with Crippen molar-refractivity contribution in [2.24, 2.45) is 12.9 Å². The molecule has 21 heavy (non-hydrogen) atoms. The van der Waals surface area contributed by atoms with Gasteiger partial charge >= 0.3 is 6.18 Å². The van der Waals surface area contributed by atoms with E-state index in [0.717, 1.165) is 16.9 Å².